The van der Waals surface area contributed by atoms with Crippen molar-refractivity contribution in [3.63, 3.8) is 0 Å². The fourth-order valence-electron chi connectivity index (χ4n) is 2.29. The van der Waals surface area contributed by atoms with Crippen LogP contribution in [0.2, 0.25) is 0 Å². The molecule has 4 nitrogen and oxygen atoms in total. The molecule has 0 saturated carbocycles. The monoisotopic (exact) mass is 284 g/mol. The molecule has 0 atom stereocenters. The molecule has 0 amide bonds. The standard InChI is InChI=1S/C17H24N4/c1-3-4-7-11-20-17(18-2)21-13-14-10-12-19-16-9-6-5-8-15(14)16/h5-6,8-10,12H,3-4,7,11,13H2,1-2H3,(H2,18,20,21). The summed E-state index contributed by atoms with van der Waals surface area (Å²) in [5, 5.41) is 7.90. The Morgan fingerprint density at radius 3 is 2.81 bits per heavy atom. The van der Waals surface area contributed by atoms with E-state index in [1.165, 1.54) is 30.2 Å². The average molecular weight is 284 g/mol. The van der Waals surface area contributed by atoms with E-state index in [0.29, 0.717) is 0 Å². The predicted octanol–water partition coefficient (Wildman–Crippen LogP) is 3.09. The lowest BCUT2D eigenvalue weighted by atomic mass is 10.1. The van der Waals surface area contributed by atoms with Crippen LogP contribution in [0.5, 0.6) is 0 Å². The van der Waals surface area contributed by atoms with Gasteiger partial charge < -0.3 is 10.6 Å². The van der Waals surface area contributed by atoms with Gasteiger partial charge in [-0.25, -0.2) is 0 Å². The minimum atomic E-state index is 0.747. The molecule has 2 N–H and O–H groups in total. The molecule has 0 spiro atoms. The SMILES string of the molecule is CCCCCNC(=NC)NCc1ccnc2ccccc12. The molecule has 1 aromatic heterocycles. The van der Waals surface area contributed by atoms with E-state index in [9.17, 15) is 0 Å². The van der Waals surface area contributed by atoms with Crippen LogP contribution in [0, 0.1) is 0 Å². The maximum atomic E-state index is 4.39. The van der Waals surface area contributed by atoms with Gasteiger partial charge in [-0.15, -0.1) is 0 Å². The van der Waals surface area contributed by atoms with Crippen LogP contribution in [0.1, 0.15) is 31.7 Å². The number of para-hydroxylation sites is 1. The first-order valence-corrected chi connectivity index (χ1v) is 7.62. The van der Waals surface area contributed by atoms with E-state index in [-0.39, 0.29) is 0 Å². The number of hydrogen-bond donors (Lipinski definition) is 2. The normalized spacial score (nSPS) is 11.6. The summed E-state index contributed by atoms with van der Waals surface area (Å²) in [6.07, 6.45) is 5.52. The molecule has 1 aromatic carbocycles. The Hall–Kier alpha value is -2.10. The van der Waals surface area contributed by atoms with E-state index in [1.807, 2.05) is 24.4 Å². The zero-order chi connectivity index (χ0) is 14.9. The third kappa shape index (κ3) is 4.45. The Labute approximate surface area is 126 Å². The number of aliphatic imine (C=N–C) groups is 1. The summed E-state index contributed by atoms with van der Waals surface area (Å²) in [5.41, 5.74) is 2.26. The van der Waals surface area contributed by atoms with Crippen LogP contribution < -0.4 is 10.6 Å². The first kappa shape index (κ1) is 15.3. The number of nitrogens with zero attached hydrogens (tertiary/aromatic N) is 2. The summed E-state index contributed by atoms with van der Waals surface area (Å²) >= 11 is 0. The van der Waals surface area contributed by atoms with Crippen LogP contribution in [-0.2, 0) is 6.54 Å². The Balaban J connectivity index is 1.94. The molecule has 1 heterocycles. The van der Waals surface area contributed by atoms with E-state index in [1.54, 1.807) is 7.05 Å². The molecule has 0 aliphatic carbocycles. The van der Waals surface area contributed by atoms with E-state index in [0.717, 1.165) is 24.6 Å². The highest BCUT2D eigenvalue weighted by molar-refractivity contribution is 5.83. The van der Waals surface area contributed by atoms with Crippen molar-refractivity contribution in [2.24, 2.45) is 4.99 Å². The molecule has 0 unspecified atom stereocenters. The van der Waals surface area contributed by atoms with Crippen molar-refractivity contribution in [3.05, 3.63) is 42.1 Å². The molecular weight excluding hydrogens is 260 g/mol. The van der Waals surface area contributed by atoms with E-state index >= 15 is 0 Å². The number of nitrogens with one attached hydrogen (secondary N) is 2. The molecular formula is C17H24N4. The largest absolute Gasteiger partial charge is 0.356 e. The van der Waals surface area contributed by atoms with Crippen molar-refractivity contribution >= 4 is 16.9 Å². The molecule has 0 aliphatic heterocycles. The first-order chi connectivity index (χ1) is 10.3. The van der Waals surface area contributed by atoms with Crippen LogP contribution in [0.15, 0.2) is 41.5 Å². The molecule has 112 valence electrons. The summed E-state index contributed by atoms with van der Waals surface area (Å²) in [7, 11) is 1.81. The van der Waals surface area contributed by atoms with Crippen molar-refractivity contribution in [3.8, 4) is 0 Å². The summed E-state index contributed by atoms with van der Waals surface area (Å²) in [4.78, 5) is 8.65. The average Bonchev–Trinajstić information content (AvgIpc) is 2.54. The fraction of sp³-hybridized carbons (Fsp3) is 0.412. The maximum Gasteiger partial charge on any atom is 0.191 e. The lowest BCUT2D eigenvalue weighted by molar-refractivity contribution is 0.683. The molecule has 0 bridgehead atoms. The van der Waals surface area contributed by atoms with Crippen LogP contribution in [0.25, 0.3) is 10.9 Å². The minimum absolute atomic E-state index is 0.747. The molecule has 0 radical (unpaired) electrons. The highest BCUT2D eigenvalue weighted by atomic mass is 15.2. The summed E-state index contributed by atoms with van der Waals surface area (Å²) < 4.78 is 0. The van der Waals surface area contributed by atoms with Crippen LogP contribution >= 0.6 is 0 Å². The van der Waals surface area contributed by atoms with Gasteiger partial charge in [-0.3, -0.25) is 9.98 Å². The minimum Gasteiger partial charge on any atom is -0.356 e. The number of fused-ring (bicyclic) bond motifs is 1. The van der Waals surface area contributed by atoms with Crippen LogP contribution in [-0.4, -0.2) is 24.5 Å². The van der Waals surface area contributed by atoms with Gasteiger partial charge in [-0.2, -0.15) is 0 Å². The Bertz CT molecular complexity index is 587. The van der Waals surface area contributed by atoms with Gasteiger partial charge >= 0.3 is 0 Å². The van der Waals surface area contributed by atoms with Gasteiger partial charge in [0.05, 0.1) is 5.52 Å². The molecule has 2 rings (SSSR count). The summed E-state index contributed by atoms with van der Waals surface area (Å²) in [6, 6.07) is 10.3. The van der Waals surface area contributed by atoms with Crippen molar-refractivity contribution in [1.29, 1.82) is 0 Å². The highest BCUT2D eigenvalue weighted by Gasteiger charge is 2.02. The zero-order valence-corrected chi connectivity index (χ0v) is 12.9. The van der Waals surface area contributed by atoms with Gasteiger partial charge in [0, 0.05) is 31.7 Å². The van der Waals surface area contributed by atoms with Gasteiger partial charge in [0.25, 0.3) is 0 Å². The van der Waals surface area contributed by atoms with Gasteiger partial charge in [-0.05, 0) is 24.1 Å². The topological polar surface area (TPSA) is 49.3 Å². The number of rotatable bonds is 6. The predicted molar refractivity (Wildman–Crippen MR) is 89.5 cm³/mol. The van der Waals surface area contributed by atoms with Gasteiger partial charge in [0.15, 0.2) is 5.96 Å². The smallest absolute Gasteiger partial charge is 0.191 e. The van der Waals surface area contributed by atoms with Crippen molar-refractivity contribution in [1.82, 2.24) is 15.6 Å². The zero-order valence-electron chi connectivity index (χ0n) is 12.9. The third-order valence-electron chi connectivity index (χ3n) is 3.48. The second-order valence-electron chi connectivity index (χ2n) is 5.05. The quantitative estimate of drug-likeness (QED) is 0.487. The van der Waals surface area contributed by atoms with E-state index in [2.05, 4.69) is 39.7 Å². The number of benzene rings is 1. The Morgan fingerprint density at radius 1 is 1.14 bits per heavy atom. The van der Waals surface area contributed by atoms with E-state index in [4.69, 9.17) is 0 Å². The summed E-state index contributed by atoms with van der Waals surface area (Å²) in [5.74, 6) is 0.854. The van der Waals surface area contributed by atoms with Crippen molar-refractivity contribution < 1.29 is 0 Å². The maximum absolute atomic E-state index is 4.39. The number of hydrogen-bond acceptors (Lipinski definition) is 2. The molecule has 0 saturated heterocycles. The number of guanidine groups is 1. The number of unbranched alkanes of at least 4 members (excludes halogenated alkanes) is 2. The van der Waals surface area contributed by atoms with Gasteiger partial charge in [0.2, 0.25) is 0 Å². The Kier molecular flexibility index (Phi) is 6.00. The second kappa shape index (κ2) is 8.25. The first-order valence-electron chi connectivity index (χ1n) is 7.62. The van der Waals surface area contributed by atoms with Gasteiger partial charge in [0.1, 0.15) is 0 Å². The molecule has 21 heavy (non-hydrogen) atoms. The van der Waals surface area contributed by atoms with Crippen molar-refractivity contribution in [2.75, 3.05) is 13.6 Å². The van der Waals surface area contributed by atoms with Crippen molar-refractivity contribution in [2.45, 2.75) is 32.7 Å². The van der Waals surface area contributed by atoms with Crippen LogP contribution in [0.4, 0.5) is 0 Å². The van der Waals surface area contributed by atoms with E-state index < -0.39 is 0 Å². The molecule has 0 fully saturated rings. The highest BCUT2D eigenvalue weighted by Crippen LogP contribution is 2.15. The van der Waals surface area contributed by atoms with Gasteiger partial charge in [-0.1, -0.05) is 38.0 Å². The molecule has 2 aromatic rings. The fourth-order valence-corrected chi connectivity index (χ4v) is 2.29. The lowest BCUT2D eigenvalue weighted by Crippen LogP contribution is -2.37. The second-order valence-corrected chi connectivity index (χ2v) is 5.05. The lowest BCUT2D eigenvalue weighted by Gasteiger charge is -2.12. The molecule has 4 heteroatoms. The number of pyridine rings is 1. The Morgan fingerprint density at radius 2 is 2.00 bits per heavy atom. The summed E-state index contributed by atoms with van der Waals surface area (Å²) in [6.45, 7) is 3.92. The molecule has 0 aliphatic rings. The number of aromatic nitrogens is 1. The van der Waals surface area contributed by atoms with Crippen LogP contribution in [0.3, 0.4) is 0 Å². The third-order valence-corrected chi connectivity index (χ3v) is 3.48.